The molecule has 1 amide bonds. The molecule has 2 aliphatic rings. The zero-order valence-corrected chi connectivity index (χ0v) is 15.7. The lowest BCUT2D eigenvalue weighted by molar-refractivity contribution is -0.139. The fraction of sp³-hybridized carbons (Fsp3) is 0.667. The quantitative estimate of drug-likeness (QED) is 0.794. The van der Waals surface area contributed by atoms with Crippen LogP contribution in [0.15, 0.2) is 30.3 Å². The van der Waals surface area contributed by atoms with Crippen molar-refractivity contribution in [1.82, 2.24) is 9.80 Å². The van der Waals surface area contributed by atoms with Crippen molar-refractivity contribution in [2.24, 2.45) is 5.92 Å². The number of rotatable bonds is 6. The van der Waals surface area contributed by atoms with Crippen LogP contribution in [0.3, 0.4) is 0 Å². The van der Waals surface area contributed by atoms with E-state index in [9.17, 15) is 4.79 Å². The Morgan fingerprint density at radius 3 is 2.52 bits per heavy atom. The number of amides is 1. The molecule has 3 rings (SSSR count). The van der Waals surface area contributed by atoms with Gasteiger partial charge in [0, 0.05) is 26.2 Å². The van der Waals surface area contributed by atoms with Crippen molar-refractivity contribution in [3.63, 3.8) is 0 Å². The minimum atomic E-state index is 0.0633. The summed E-state index contributed by atoms with van der Waals surface area (Å²) in [7, 11) is 0. The van der Waals surface area contributed by atoms with Gasteiger partial charge in [0.05, 0.1) is 12.1 Å². The van der Waals surface area contributed by atoms with E-state index in [1.54, 1.807) is 0 Å². The van der Waals surface area contributed by atoms with Crippen LogP contribution in [0.2, 0.25) is 0 Å². The second-order valence-electron chi connectivity index (χ2n) is 7.87. The van der Waals surface area contributed by atoms with Gasteiger partial charge >= 0.3 is 0 Å². The first-order valence-corrected chi connectivity index (χ1v) is 9.82. The maximum Gasteiger partial charge on any atom is 0.239 e. The number of hydrogen-bond acceptors (Lipinski definition) is 3. The van der Waals surface area contributed by atoms with E-state index in [4.69, 9.17) is 4.74 Å². The number of ether oxygens (including phenoxy) is 1. The molecule has 2 fully saturated rings. The molecular formula is C21H32N2O2. The first kappa shape index (κ1) is 18.4. The second-order valence-corrected chi connectivity index (χ2v) is 7.87. The predicted molar refractivity (Wildman–Crippen MR) is 100 cm³/mol. The van der Waals surface area contributed by atoms with Crippen LogP contribution in [0.4, 0.5) is 0 Å². The van der Waals surface area contributed by atoms with Gasteiger partial charge in [-0.05, 0) is 43.7 Å². The van der Waals surface area contributed by atoms with Crippen LogP contribution in [0, 0.1) is 5.92 Å². The largest absolute Gasteiger partial charge is 0.378 e. The van der Waals surface area contributed by atoms with Gasteiger partial charge in [0.25, 0.3) is 0 Å². The van der Waals surface area contributed by atoms with Gasteiger partial charge in [-0.3, -0.25) is 9.69 Å². The van der Waals surface area contributed by atoms with Gasteiger partial charge < -0.3 is 9.64 Å². The number of piperidine rings is 1. The number of likely N-dealkylation sites (tertiary alicyclic amines) is 2. The molecule has 0 N–H and O–H groups in total. The summed E-state index contributed by atoms with van der Waals surface area (Å²) in [6.45, 7) is 8.78. The van der Waals surface area contributed by atoms with Gasteiger partial charge in [-0.1, -0.05) is 44.2 Å². The van der Waals surface area contributed by atoms with Crippen LogP contribution in [-0.4, -0.2) is 54.1 Å². The third-order valence-electron chi connectivity index (χ3n) is 5.30. The third-order valence-corrected chi connectivity index (χ3v) is 5.30. The van der Waals surface area contributed by atoms with Crippen LogP contribution in [-0.2, 0) is 16.1 Å². The summed E-state index contributed by atoms with van der Waals surface area (Å²) in [5, 5.41) is 0. The topological polar surface area (TPSA) is 32.8 Å². The zero-order chi connectivity index (χ0) is 17.6. The summed E-state index contributed by atoms with van der Waals surface area (Å²) in [5.74, 6) is 0.903. The normalized spacial score (nSPS) is 22.7. The molecule has 0 bridgehead atoms. The molecule has 1 aromatic rings. The molecule has 0 radical (unpaired) electrons. The van der Waals surface area contributed by atoms with E-state index in [2.05, 4.69) is 47.9 Å². The highest BCUT2D eigenvalue weighted by Crippen LogP contribution is 2.24. The molecule has 1 aromatic carbocycles. The number of benzene rings is 1. The van der Waals surface area contributed by atoms with Crippen molar-refractivity contribution >= 4 is 5.91 Å². The Morgan fingerprint density at radius 1 is 1.12 bits per heavy atom. The van der Waals surface area contributed by atoms with Crippen molar-refractivity contribution < 1.29 is 9.53 Å². The van der Waals surface area contributed by atoms with Crippen molar-refractivity contribution in [2.45, 2.75) is 58.2 Å². The van der Waals surface area contributed by atoms with E-state index >= 15 is 0 Å². The number of carbonyl (C=O) groups is 1. The minimum Gasteiger partial charge on any atom is -0.378 e. The summed E-state index contributed by atoms with van der Waals surface area (Å²) in [4.78, 5) is 17.4. The van der Waals surface area contributed by atoms with Crippen LogP contribution >= 0.6 is 0 Å². The molecule has 0 spiro atoms. The molecule has 25 heavy (non-hydrogen) atoms. The second kappa shape index (κ2) is 8.81. The maximum atomic E-state index is 13.0. The lowest BCUT2D eigenvalue weighted by Gasteiger charge is -2.35. The molecule has 0 aromatic heterocycles. The van der Waals surface area contributed by atoms with Crippen molar-refractivity contribution in [3.05, 3.63) is 35.9 Å². The lowest BCUT2D eigenvalue weighted by atomic mass is 10.1. The summed E-state index contributed by atoms with van der Waals surface area (Å²) >= 11 is 0. The minimum absolute atomic E-state index is 0.0633. The molecule has 4 heteroatoms. The molecule has 1 unspecified atom stereocenters. The van der Waals surface area contributed by atoms with E-state index in [0.717, 1.165) is 58.5 Å². The highest BCUT2D eigenvalue weighted by atomic mass is 16.5. The Morgan fingerprint density at radius 2 is 1.84 bits per heavy atom. The van der Waals surface area contributed by atoms with Crippen LogP contribution in [0.25, 0.3) is 0 Å². The third kappa shape index (κ3) is 5.05. The van der Waals surface area contributed by atoms with Gasteiger partial charge in [-0.15, -0.1) is 0 Å². The molecular weight excluding hydrogens is 312 g/mol. The Balaban J connectivity index is 1.50. The van der Waals surface area contributed by atoms with E-state index in [1.165, 1.54) is 5.56 Å². The fourth-order valence-electron chi connectivity index (χ4n) is 3.90. The predicted octanol–water partition coefficient (Wildman–Crippen LogP) is 3.31. The Labute approximate surface area is 152 Å². The average molecular weight is 344 g/mol. The Hall–Kier alpha value is -1.39. The highest BCUT2D eigenvalue weighted by molar-refractivity contribution is 5.82. The first-order chi connectivity index (χ1) is 12.1. The van der Waals surface area contributed by atoms with Crippen LogP contribution in [0.1, 0.15) is 45.1 Å². The summed E-state index contributed by atoms with van der Waals surface area (Å²) in [6.07, 6.45) is 4.40. The summed E-state index contributed by atoms with van der Waals surface area (Å²) < 4.78 is 5.95. The monoisotopic (exact) mass is 344 g/mol. The molecule has 2 heterocycles. The Bertz CT molecular complexity index is 538. The van der Waals surface area contributed by atoms with E-state index in [-0.39, 0.29) is 6.04 Å². The molecule has 0 saturated carbocycles. The molecule has 0 aliphatic carbocycles. The van der Waals surface area contributed by atoms with Gasteiger partial charge in [0.15, 0.2) is 0 Å². The van der Waals surface area contributed by atoms with Crippen molar-refractivity contribution in [2.75, 3.05) is 26.2 Å². The van der Waals surface area contributed by atoms with Crippen LogP contribution < -0.4 is 0 Å². The highest BCUT2D eigenvalue weighted by Gasteiger charge is 2.35. The molecule has 138 valence electrons. The summed E-state index contributed by atoms with van der Waals surface area (Å²) in [6, 6.07) is 10.6. The van der Waals surface area contributed by atoms with E-state index < -0.39 is 0 Å². The molecule has 2 saturated heterocycles. The van der Waals surface area contributed by atoms with Crippen molar-refractivity contribution in [1.29, 1.82) is 0 Å². The number of hydrogen-bond donors (Lipinski definition) is 0. The van der Waals surface area contributed by atoms with E-state index in [0.29, 0.717) is 17.9 Å². The number of carbonyl (C=O) groups excluding carboxylic acids is 1. The smallest absolute Gasteiger partial charge is 0.239 e. The standard InChI is InChI=1S/C21H32N2O2/c1-17(2)16-25-19-10-13-22(14-11-19)21(24)20-9-6-12-23(20)15-18-7-4-3-5-8-18/h3-5,7-8,17,19-20H,6,9-16H2,1-2H3. The van der Waals surface area contributed by atoms with Gasteiger partial charge in [-0.2, -0.15) is 0 Å². The Kier molecular flexibility index (Phi) is 6.49. The number of nitrogens with zero attached hydrogens (tertiary/aromatic N) is 2. The maximum absolute atomic E-state index is 13.0. The molecule has 4 nitrogen and oxygen atoms in total. The summed E-state index contributed by atoms with van der Waals surface area (Å²) in [5.41, 5.74) is 1.29. The van der Waals surface area contributed by atoms with Crippen LogP contribution in [0.5, 0.6) is 0 Å². The fourth-order valence-corrected chi connectivity index (χ4v) is 3.90. The average Bonchev–Trinajstić information content (AvgIpc) is 3.08. The SMILES string of the molecule is CC(C)COC1CCN(C(=O)C2CCCN2Cc2ccccc2)CC1. The molecule has 2 aliphatic heterocycles. The molecule has 1 atom stereocenters. The van der Waals surface area contributed by atoms with E-state index in [1.807, 2.05) is 6.07 Å². The van der Waals surface area contributed by atoms with Crippen molar-refractivity contribution in [3.8, 4) is 0 Å². The first-order valence-electron chi connectivity index (χ1n) is 9.82. The van der Waals surface area contributed by atoms with Gasteiger partial charge in [0.2, 0.25) is 5.91 Å². The van der Waals surface area contributed by atoms with Gasteiger partial charge in [0.1, 0.15) is 0 Å². The zero-order valence-electron chi connectivity index (χ0n) is 15.7. The van der Waals surface area contributed by atoms with Gasteiger partial charge in [-0.25, -0.2) is 0 Å². The lowest BCUT2D eigenvalue weighted by Crippen LogP contribution is -2.49.